The first-order valence-corrected chi connectivity index (χ1v) is 4.92. The second-order valence-corrected chi connectivity index (χ2v) is 4.42. The second-order valence-electron chi connectivity index (χ2n) is 4.42. The third-order valence-corrected chi connectivity index (χ3v) is 3.23. The van der Waals surface area contributed by atoms with Crippen LogP contribution in [-0.4, -0.2) is 23.3 Å². The highest BCUT2D eigenvalue weighted by atomic mass is 16.3. The number of terminal acetylenes is 1. The van der Waals surface area contributed by atoms with Crippen LogP contribution in [0.4, 0.5) is 0 Å². The van der Waals surface area contributed by atoms with Crippen LogP contribution in [0.1, 0.15) is 33.6 Å². The number of aliphatic hydroxyl groups excluding tert-OH is 1. The van der Waals surface area contributed by atoms with Gasteiger partial charge in [-0.25, -0.2) is 0 Å². The molecule has 0 radical (unpaired) electrons. The standard InChI is InChI=1S/C11H19NO/c1-5-8(6-2)12-9-7-10(13)11(9,3)4/h1,8-10,12-13H,6-7H2,2-4H3. The molecule has 0 aromatic rings. The highest BCUT2D eigenvalue weighted by Crippen LogP contribution is 2.40. The fourth-order valence-corrected chi connectivity index (χ4v) is 1.71. The summed E-state index contributed by atoms with van der Waals surface area (Å²) in [5.74, 6) is 2.71. The minimum atomic E-state index is -0.180. The zero-order valence-electron chi connectivity index (χ0n) is 8.67. The van der Waals surface area contributed by atoms with Gasteiger partial charge in [-0.3, -0.25) is 0 Å². The molecule has 2 N–H and O–H groups in total. The molecule has 0 amide bonds. The molecule has 1 aliphatic carbocycles. The molecule has 74 valence electrons. The van der Waals surface area contributed by atoms with Crippen LogP contribution in [0.15, 0.2) is 0 Å². The van der Waals surface area contributed by atoms with Gasteiger partial charge in [-0.2, -0.15) is 0 Å². The quantitative estimate of drug-likeness (QED) is 0.640. The lowest BCUT2D eigenvalue weighted by Gasteiger charge is -2.50. The summed E-state index contributed by atoms with van der Waals surface area (Å²) in [4.78, 5) is 0. The Kier molecular flexibility index (Phi) is 3.00. The van der Waals surface area contributed by atoms with Crippen molar-refractivity contribution in [2.24, 2.45) is 5.41 Å². The van der Waals surface area contributed by atoms with Gasteiger partial charge in [0.25, 0.3) is 0 Å². The maximum Gasteiger partial charge on any atom is 0.0686 e. The van der Waals surface area contributed by atoms with E-state index in [0.29, 0.717) is 6.04 Å². The van der Waals surface area contributed by atoms with Gasteiger partial charge in [0, 0.05) is 11.5 Å². The number of nitrogens with one attached hydrogen (secondary N) is 1. The van der Waals surface area contributed by atoms with Crippen molar-refractivity contribution in [3.05, 3.63) is 0 Å². The molecule has 0 spiro atoms. The van der Waals surface area contributed by atoms with Crippen LogP contribution in [0.5, 0.6) is 0 Å². The number of hydrogen-bond donors (Lipinski definition) is 2. The van der Waals surface area contributed by atoms with E-state index in [9.17, 15) is 5.11 Å². The van der Waals surface area contributed by atoms with Gasteiger partial charge in [-0.05, 0) is 12.8 Å². The van der Waals surface area contributed by atoms with Crippen molar-refractivity contribution in [3.8, 4) is 12.3 Å². The third-order valence-electron chi connectivity index (χ3n) is 3.23. The van der Waals surface area contributed by atoms with Crippen LogP contribution in [-0.2, 0) is 0 Å². The number of rotatable bonds is 3. The maximum atomic E-state index is 9.51. The van der Waals surface area contributed by atoms with Crippen LogP contribution in [0.25, 0.3) is 0 Å². The Morgan fingerprint density at radius 2 is 2.31 bits per heavy atom. The molecule has 1 aliphatic rings. The summed E-state index contributed by atoms with van der Waals surface area (Å²) in [5, 5.41) is 12.9. The van der Waals surface area contributed by atoms with Crippen molar-refractivity contribution in [2.45, 2.75) is 51.8 Å². The van der Waals surface area contributed by atoms with Gasteiger partial charge in [0.15, 0.2) is 0 Å². The summed E-state index contributed by atoms with van der Waals surface area (Å²) in [5.41, 5.74) is -0.0235. The van der Waals surface area contributed by atoms with Gasteiger partial charge in [-0.15, -0.1) is 6.42 Å². The Balaban J connectivity index is 2.45. The van der Waals surface area contributed by atoms with E-state index in [1.807, 2.05) is 0 Å². The predicted molar refractivity (Wildman–Crippen MR) is 54.2 cm³/mol. The van der Waals surface area contributed by atoms with E-state index < -0.39 is 0 Å². The van der Waals surface area contributed by atoms with Crippen LogP contribution < -0.4 is 5.32 Å². The normalized spacial score (nSPS) is 33.2. The highest BCUT2D eigenvalue weighted by molar-refractivity contribution is 5.07. The van der Waals surface area contributed by atoms with Gasteiger partial charge in [-0.1, -0.05) is 26.7 Å². The van der Waals surface area contributed by atoms with Gasteiger partial charge < -0.3 is 10.4 Å². The molecule has 1 fully saturated rings. The Hall–Kier alpha value is -0.520. The zero-order chi connectivity index (χ0) is 10.1. The molecule has 0 bridgehead atoms. The van der Waals surface area contributed by atoms with E-state index in [1.54, 1.807) is 0 Å². The molecular formula is C11H19NO. The second kappa shape index (κ2) is 3.69. The van der Waals surface area contributed by atoms with Gasteiger partial charge >= 0.3 is 0 Å². The lowest BCUT2D eigenvalue weighted by atomic mass is 9.64. The van der Waals surface area contributed by atoms with E-state index in [-0.39, 0.29) is 17.6 Å². The van der Waals surface area contributed by atoms with Crippen LogP contribution >= 0.6 is 0 Å². The maximum absolute atomic E-state index is 9.51. The molecule has 3 atom stereocenters. The molecular weight excluding hydrogens is 162 g/mol. The summed E-state index contributed by atoms with van der Waals surface area (Å²) in [6.45, 7) is 6.21. The van der Waals surface area contributed by atoms with Gasteiger partial charge in [0.05, 0.1) is 12.1 Å². The lowest BCUT2D eigenvalue weighted by molar-refractivity contribution is -0.0741. The number of hydrogen-bond acceptors (Lipinski definition) is 2. The predicted octanol–water partition coefficient (Wildman–Crippen LogP) is 1.15. The largest absolute Gasteiger partial charge is 0.392 e. The SMILES string of the molecule is C#CC(CC)NC1CC(O)C1(C)C. The fourth-order valence-electron chi connectivity index (χ4n) is 1.71. The molecule has 2 heteroatoms. The monoisotopic (exact) mass is 181 g/mol. The van der Waals surface area contributed by atoms with Crippen LogP contribution in [0.3, 0.4) is 0 Å². The van der Waals surface area contributed by atoms with Crippen molar-refractivity contribution < 1.29 is 5.11 Å². The van der Waals surface area contributed by atoms with Crippen molar-refractivity contribution in [1.82, 2.24) is 5.32 Å². The van der Waals surface area contributed by atoms with Crippen molar-refractivity contribution in [3.63, 3.8) is 0 Å². The van der Waals surface area contributed by atoms with E-state index in [4.69, 9.17) is 6.42 Å². The first-order chi connectivity index (χ1) is 6.02. The topological polar surface area (TPSA) is 32.3 Å². The molecule has 1 rings (SSSR count). The minimum absolute atomic E-state index is 0.0235. The molecule has 2 nitrogen and oxygen atoms in total. The molecule has 0 aromatic heterocycles. The first-order valence-electron chi connectivity index (χ1n) is 4.92. The Morgan fingerprint density at radius 3 is 2.62 bits per heavy atom. The smallest absolute Gasteiger partial charge is 0.0686 e. The van der Waals surface area contributed by atoms with Crippen LogP contribution in [0.2, 0.25) is 0 Å². The van der Waals surface area contributed by atoms with Crippen molar-refractivity contribution >= 4 is 0 Å². The van der Waals surface area contributed by atoms with Gasteiger partial charge in [0.1, 0.15) is 0 Å². The molecule has 0 saturated heterocycles. The van der Waals surface area contributed by atoms with Crippen LogP contribution in [0, 0.1) is 17.8 Å². The van der Waals surface area contributed by atoms with E-state index in [0.717, 1.165) is 12.8 Å². The molecule has 13 heavy (non-hydrogen) atoms. The first kappa shape index (κ1) is 10.6. The van der Waals surface area contributed by atoms with E-state index >= 15 is 0 Å². The summed E-state index contributed by atoms with van der Waals surface area (Å²) < 4.78 is 0. The summed E-state index contributed by atoms with van der Waals surface area (Å²) >= 11 is 0. The highest BCUT2D eigenvalue weighted by Gasteiger charge is 2.47. The van der Waals surface area contributed by atoms with Crippen molar-refractivity contribution in [1.29, 1.82) is 0 Å². The van der Waals surface area contributed by atoms with Gasteiger partial charge in [0.2, 0.25) is 0 Å². The lowest BCUT2D eigenvalue weighted by Crippen LogP contribution is -2.61. The zero-order valence-corrected chi connectivity index (χ0v) is 8.67. The number of aliphatic hydroxyl groups is 1. The molecule has 0 aliphatic heterocycles. The molecule has 1 saturated carbocycles. The molecule has 0 heterocycles. The average Bonchev–Trinajstić information content (AvgIpc) is 2.12. The van der Waals surface area contributed by atoms with E-state index in [1.165, 1.54) is 0 Å². The fraction of sp³-hybridized carbons (Fsp3) is 0.818. The van der Waals surface area contributed by atoms with Crippen molar-refractivity contribution in [2.75, 3.05) is 0 Å². The molecule has 0 aromatic carbocycles. The van der Waals surface area contributed by atoms with E-state index in [2.05, 4.69) is 32.0 Å². The molecule has 3 unspecified atom stereocenters. The summed E-state index contributed by atoms with van der Waals surface area (Å²) in [6.07, 6.45) is 6.95. The Labute approximate surface area is 80.7 Å². The summed E-state index contributed by atoms with van der Waals surface area (Å²) in [7, 11) is 0. The Morgan fingerprint density at radius 1 is 1.69 bits per heavy atom. The average molecular weight is 181 g/mol. The summed E-state index contributed by atoms with van der Waals surface area (Å²) in [6, 6.07) is 0.514. The minimum Gasteiger partial charge on any atom is -0.392 e. The Bertz CT molecular complexity index is 217. The third kappa shape index (κ3) is 1.87.